The molecule has 0 N–H and O–H groups in total. The minimum atomic E-state index is -0.363. The van der Waals surface area contributed by atoms with Crippen LogP contribution in [0.15, 0.2) is 59.9 Å². The van der Waals surface area contributed by atoms with Gasteiger partial charge in [-0.2, -0.15) is 0 Å². The van der Waals surface area contributed by atoms with Crippen LogP contribution in [0.25, 0.3) is 27.6 Å². The van der Waals surface area contributed by atoms with Crippen molar-refractivity contribution in [3.63, 3.8) is 0 Å². The van der Waals surface area contributed by atoms with Gasteiger partial charge in [-0.3, -0.25) is 9.36 Å². The number of imidazole rings is 1. The summed E-state index contributed by atoms with van der Waals surface area (Å²) >= 11 is 1.41. The second-order valence-electron chi connectivity index (χ2n) is 7.58. The van der Waals surface area contributed by atoms with Gasteiger partial charge in [-0.1, -0.05) is 42.1 Å². The highest BCUT2D eigenvalue weighted by Crippen LogP contribution is 2.44. The molecule has 5 nitrogen and oxygen atoms in total. The van der Waals surface area contributed by atoms with Gasteiger partial charge < -0.3 is 4.74 Å². The molecule has 0 spiro atoms. The maximum absolute atomic E-state index is 12.3. The first kappa shape index (κ1) is 19.1. The number of carbonyl (C=O) groups is 1. The summed E-state index contributed by atoms with van der Waals surface area (Å²) in [7, 11) is 0. The number of aromatic nitrogens is 3. The lowest BCUT2D eigenvalue weighted by molar-refractivity contribution is -0.142. The Morgan fingerprint density at radius 3 is 2.73 bits per heavy atom. The number of thioether (sulfide) groups is 1. The Labute approximate surface area is 179 Å². The highest BCUT2D eigenvalue weighted by atomic mass is 32.2. The molecule has 1 aliphatic carbocycles. The molecule has 6 heteroatoms. The number of hydrogen-bond donors (Lipinski definition) is 0. The summed E-state index contributed by atoms with van der Waals surface area (Å²) < 4.78 is 7.33. The lowest BCUT2D eigenvalue weighted by atomic mass is 9.99. The molecular weight excluding hydrogens is 394 g/mol. The number of ether oxygens (including phenoxy) is 1. The summed E-state index contributed by atoms with van der Waals surface area (Å²) in [5.41, 5.74) is 4.09. The SMILES string of the molecule is CCOC(=O)C(C)Sc1nc2ncccc2n1-c1ccc(C2CC2)c2ccccc12. The van der Waals surface area contributed by atoms with Gasteiger partial charge in [-0.05, 0) is 61.8 Å². The zero-order valence-electron chi connectivity index (χ0n) is 17.0. The van der Waals surface area contributed by atoms with Crippen LogP contribution in [0.5, 0.6) is 0 Å². The van der Waals surface area contributed by atoms with Crippen LogP contribution in [0, 0.1) is 0 Å². The van der Waals surface area contributed by atoms with Crippen molar-refractivity contribution >= 4 is 39.7 Å². The van der Waals surface area contributed by atoms with Gasteiger partial charge in [-0.25, -0.2) is 9.97 Å². The standard InChI is InChI=1S/C24H23N3O2S/c1-3-29-23(28)15(2)30-24-26-22-21(9-6-14-25-22)27(24)20-13-12-17(16-10-11-16)18-7-4-5-8-19(18)20/h4-9,12-16H,3,10-11H2,1-2H3. The molecule has 2 heterocycles. The molecular formula is C24H23N3O2S. The number of carbonyl (C=O) groups excluding carboxylic acids is 1. The molecule has 0 amide bonds. The zero-order valence-corrected chi connectivity index (χ0v) is 17.9. The smallest absolute Gasteiger partial charge is 0.319 e. The fourth-order valence-corrected chi connectivity index (χ4v) is 4.84. The molecule has 5 rings (SSSR count). The van der Waals surface area contributed by atoms with Crippen LogP contribution in [0.2, 0.25) is 0 Å². The summed E-state index contributed by atoms with van der Waals surface area (Å²) in [6.07, 6.45) is 4.27. The fourth-order valence-electron chi connectivity index (χ4n) is 3.92. The Morgan fingerprint density at radius 2 is 1.97 bits per heavy atom. The predicted octanol–water partition coefficient (Wildman–Crippen LogP) is 5.49. The largest absolute Gasteiger partial charge is 0.465 e. The number of rotatable bonds is 6. The van der Waals surface area contributed by atoms with Crippen molar-refractivity contribution in [3.05, 3.63) is 60.3 Å². The van der Waals surface area contributed by atoms with Crippen LogP contribution in [-0.4, -0.2) is 32.4 Å². The van der Waals surface area contributed by atoms with E-state index in [2.05, 4.69) is 45.9 Å². The summed E-state index contributed by atoms with van der Waals surface area (Å²) in [4.78, 5) is 21.5. The van der Waals surface area contributed by atoms with E-state index >= 15 is 0 Å². The maximum Gasteiger partial charge on any atom is 0.319 e. The molecule has 30 heavy (non-hydrogen) atoms. The van der Waals surface area contributed by atoms with E-state index in [0.717, 1.165) is 16.4 Å². The molecule has 2 aromatic carbocycles. The van der Waals surface area contributed by atoms with Crippen LogP contribution < -0.4 is 0 Å². The second-order valence-corrected chi connectivity index (χ2v) is 8.89. The van der Waals surface area contributed by atoms with Gasteiger partial charge in [0.05, 0.1) is 17.8 Å². The molecule has 2 aromatic heterocycles. The van der Waals surface area contributed by atoms with Crippen LogP contribution in [-0.2, 0) is 9.53 Å². The summed E-state index contributed by atoms with van der Waals surface area (Å²) in [5.74, 6) is 0.436. The van der Waals surface area contributed by atoms with E-state index in [1.807, 2.05) is 26.0 Å². The number of benzene rings is 2. The molecule has 1 aliphatic rings. The first-order valence-electron chi connectivity index (χ1n) is 10.4. The van der Waals surface area contributed by atoms with Crippen molar-refractivity contribution in [2.75, 3.05) is 6.61 Å². The van der Waals surface area contributed by atoms with Crippen molar-refractivity contribution in [3.8, 4) is 5.69 Å². The van der Waals surface area contributed by atoms with E-state index in [4.69, 9.17) is 9.72 Å². The Morgan fingerprint density at radius 1 is 1.17 bits per heavy atom. The van der Waals surface area contributed by atoms with Gasteiger partial charge in [0.25, 0.3) is 0 Å². The molecule has 1 fully saturated rings. The Balaban J connectivity index is 1.69. The molecule has 4 aromatic rings. The molecule has 0 aliphatic heterocycles. The van der Waals surface area contributed by atoms with Crippen molar-refractivity contribution in [2.45, 2.75) is 43.0 Å². The van der Waals surface area contributed by atoms with E-state index in [0.29, 0.717) is 18.2 Å². The minimum Gasteiger partial charge on any atom is -0.465 e. The molecule has 1 saturated carbocycles. The average molecular weight is 418 g/mol. The fraction of sp³-hybridized carbons (Fsp3) is 0.292. The summed E-state index contributed by atoms with van der Waals surface area (Å²) in [6.45, 7) is 4.05. The molecule has 0 saturated heterocycles. The molecule has 1 atom stereocenters. The Bertz CT molecular complexity index is 1250. The number of hydrogen-bond acceptors (Lipinski definition) is 5. The van der Waals surface area contributed by atoms with Crippen molar-refractivity contribution in [2.24, 2.45) is 0 Å². The van der Waals surface area contributed by atoms with Gasteiger partial charge in [0.2, 0.25) is 0 Å². The van der Waals surface area contributed by atoms with Gasteiger partial charge >= 0.3 is 5.97 Å². The molecule has 152 valence electrons. The first-order chi connectivity index (χ1) is 14.7. The van der Waals surface area contributed by atoms with Crippen LogP contribution >= 0.6 is 11.8 Å². The van der Waals surface area contributed by atoms with E-state index in [1.165, 1.54) is 40.9 Å². The molecule has 0 bridgehead atoms. The average Bonchev–Trinajstić information content (AvgIpc) is 3.54. The summed E-state index contributed by atoms with van der Waals surface area (Å²) in [6, 6.07) is 16.9. The van der Waals surface area contributed by atoms with E-state index in [9.17, 15) is 4.79 Å². The maximum atomic E-state index is 12.3. The highest BCUT2D eigenvalue weighted by Gasteiger charge is 2.27. The molecule has 1 unspecified atom stereocenters. The third kappa shape index (κ3) is 3.35. The summed E-state index contributed by atoms with van der Waals surface area (Å²) in [5, 5.41) is 2.86. The van der Waals surface area contributed by atoms with Gasteiger partial charge in [-0.15, -0.1) is 0 Å². The highest BCUT2D eigenvalue weighted by molar-refractivity contribution is 8.00. The van der Waals surface area contributed by atoms with E-state index < -0.39 is 0 Å². The minimum absolute atomic E-state index is 0.233. The van der Waals surface area contributed by atoms with E-state index in [1.54, 1.807) is 6.20 Å². The second kappa shape index (κ2) is 7.76. The van der Waals surface area contributed by atoms with Gasteiger partial charge in [0, 0.05) is 11.6 Å². The number of esters is 1. The number of fused-ring (bicyclic) bond motifs is 2. The van der Waals surface area contributed by atoms with Gasteiger partial charge in [0.15, 0.2) is 10.8 Å². The van der Waals surface area contributed by atoms with Crippen LogP contribution in [0.1, 0.15) is 38.2 Å². The van der Waals surface area contributed by atoms with Crippen molar-refractivity contribution in [1.82, 2.24) is 14.5 Å². The quantitative estimate of drug-likeness (QED) is 0.306. The Kier molecular flexibility index (Phi) is 4.95. The third-order valence-electron chi connectivity index (χ3n) is 5.49. The normalized spacial score (nSPS) is 14.9. The third-order valence-corrected chi connectivity index (χ3v) is 6.52. The topological polar surface area (TPSA) is 57.0 Å². The lowest BCUT2D eigenvalue weighted by Gasteiger charge is -2.16. The van der Waals surface area contributed by atoms with Crippen molar-refractivity contribution in [1.29, 1.82) is 0 Å². The van der Waals surface area contributed by atoms with Crippen LogP contribution in [0.3, 0.4) is 0 Å². The first-order valence-corrected chi connectivity index (χ1v) is 11.2. The Hall–Kier alpha value is -2.86. The van der Waals surface area contributed by atoms with Crippen molar-refractivity contribution < 1.29 is 9.53 Å². The lowest BCUT2D eigenvalue weighted by Crippen LogP contribution is -2.17. The monoisotopic (exact) mass is 417 g/mol. The van der Waals surface area contributed by atoms with E-state index in [-0.39, 0.29) is 11.2 Å². The number of nitrogens with zero attached hydrogens (tertiary/aromatic N) is 3. The predicted molar refractivity (Wildman–Crippen MR) is 120 cm³/mol. The molecule has 0 radical (unpaired) electrons. The van der Waals surface area contributed by atoms with Crippen LogP contribution in [0.4, 0.5) is 0 Å². The van der Waals surface area contributed by atoms with Gasteiger partial charge in [0.1, 0.15) is 5.25 Å². The number of pyridine rings is 1. The zero-order chi connectivity index (χ0) is 20.7.